The summed E-state index contributed by atoms with van der Waals surface area (Å²) < 4.78 is 0. The topological polar surface area (TPSA) is 77.8 Å². The Kier molecular flexibility index (Phi) is 2.87. The third kappa shape index (κ3) is 2.19. The molecule has 3 N–H and O–H groups in total. The maximum Gasteiger partial charge on any atom is 0.157 e. The molecule has 70 valence electrons. The molecule has 0 amide bonds. The molecule has 1 rings (SSSR count). The number of hydrogen-bond acceptors (Lipinski definition) is 4. The molecule has 0 aromatic heterocycles. The van der Waals surface area contributed by atoms with Gasteiger partial charge in [-0.3, -0.25) is 0 Å². The molecule has 0 bridgehead atoms. The van der Waals surface area contributed by atoms with Crippen molar-refractivity contribution in [1.29, 1.82) is 0 Å². The number of aromatic hydroxyl groups is 2. The lowest BCUT2D eigenvalue weighted by molar-refractivity contribution is -0.109. The molecule has 0 fully saturated rings. The van der Waals surface area contributed by atoms with Crippen LogP contribution in [0.1, 0.15) is 18.1 Å². The van der Waals surface area contributed by atoms with Crippen LogP contribution in [0.4, 0.5) is 0 Å². The number of aldehydes is 1. The Morgan fingerprint density at radius 2 is 2.00 bits per heavy atom. The summed E-state index contributed by atoms with van der Waals surface area (Å²) in [4.78, 5) is 10.1. The van der Waals surface area contributed by atoms with Crippen molar-refractivity contribution in [3.8, 4) is 11.5 Å². The van der Waals surface area contributed by atoms with Crippen LogP contribution in [-0.4, -0.2) is 21.6 Å². The van der Waals surface area contributed by atoms with E-state index in [1.807, 2.05) is 0 Å². The van der Waals surface area contributed by atoms with E-state index in [0.717, 1.165) is 0 Å². The van der Waals surface area contributed by atoms with E-state index in [1.54, 1.807) is 0 Å². The summed E-state index contributed by atoms with van der Waals surface area (Å²) in [7, 11) is 0. The van der Waals surface area contributed by atoms with E-state index in [2.05, 4.69) is 0 Å². The number of carbonyl (C=O) groups is 1. The van der Waals surface area contributed by atoms with Crippen molar-refractivity contribution < 1.29 is 20.1 Å². The van der Waals surface area contributed by atoms with Gasteiger partial charge in [-0.2, -0.15) is 0 Å². The molecule has 0 aliphatic rings. The number of aliphatic hydroxyl groups is 1. The molecule has 1 atom stereocenters. The maximum atomic E-state index is 10.1. The standard InChI is InChI=1S/C9H10O4/c10-4-3-7(11)6-1-2-8(12)9(13)5-6/h1-2,4-5,7,11-13H,3H2. The van der Waals surface area contributed by atoms with Crippen molar-refractivity contribution in [2.45, 2.75) is 12.5 Å². The van der Waals surface area contributed by atoms with Gasteiger partial charge in [0.25, 0.3) is 0 Å². The first-order valence-electron chi connectivity index (χ1n) is 3.78. The van der Waals surface area contributed by atoms with Gasteiger partial charge in [-0.05, 0) is 17.7 Å². The third-order valence-electron chi connectivity index (χ3n) is 1.70. The Bertz CT molecular complexity index is 308. The molecule has 0 aliphatic carbocycles. The van der Waals surface area contributed by atoms with Crippen molar-refractivity contribution in [3.05, 3.63) is 23.8 Å². The molecular formula is C9H10O4. The fourth-order valence-corrected chi connectivity index (χ4v) is 0.975. The van der Waals surface area contributed by atoms with Crippen molar-refractivity contribution in [3.63, 3.8) is 0 Å². The largest absolute Gasteiger partial charge is 0.504 e. The van der Waals surface area contributed by atoms with E-state index in [1.165, 1.54) is 18.2 Å². The minimum absolute atomic E-state index is 0.0236. The molecule has 13 heavy (non-hydrogen) atoms. The van der Waals surface area contributed by atoms with E-state index < -0.39 is 6.10 Å². The van der Waals surface area contributed by atoms with Crippen LogP contribution in [0, 0.1) is 0 Å². The molecule has 0 radical (unpaired) electrons. The Balaban J connectivity index is 2.89. The zero-order valence-electron chi connectivity index (χ0n) is 6.84. The lowest BCUT2D eigenvalue weighted by Crippen LogP contribution is -1.97. The summed E-state index contributed by atoms with van der Waals surface area (Å²) in [6, 6.07) is 3.94. The number of carbonyl (C=O) groups excluding carboxylic acids is 1. The van der Waals surface area contributed by atoms with E-state index in [4.69, 9.17) is 10.2 Å². The smallest absolute Gasteiger partial charge is 0.157 e. The quantitative estimate of drug-likeness (QED) is 0.475. The number of rotatable bonds is 3. The molecule has 0 heterocycles. The van der Waals surface area contributed by atoms with Crippen molar-refractivity contribution in [1.82, 2.24) is 0 Å². The first-order valence-corrected chi connectivity index (χ1v) is 3.78. The highest BCUT2D eigenvalue weighted by molar-refractivity contribution is 5.51. The van der Waals surface area contributed by atoms with Gasteiger partial charge < -0.3 is 20.1 Å². The fraction of sp³-hybridized carbons (Fsp3) is 0.222. The van der Waals surface area contributed by atoms with E-state index in [9.17, 15) is 9.90 Å². The number of hydrogen-bond donors (Lipinski definition) is 3. The van der Waals surface area contributed by atoms with Crippen LogP contribution in [0.15, 0.2) is 18.2 Å². The SMILES string of the molecule is O=CCC(O)c1ccc(O)c(O)c1. The molecule has 0 spiro atoms. The first-order chi connectivity index (χ1) is 6.15. The number of phenols is 2. The van der Waals surface area contributed by atoms with Gasteiger partial charge in [0.05, 0.1) is 6.10 Å². The Morgan fingerprint density at radius 1 is 1.31 bits per heavy atom. The number of benzene rings is 1. The number of aliphatic hydroxyl groups excluding tert-OH is 1. The highest BCUT2D eigenvalue weighted by Crippen LogP contribution is 2.28. The summed E-state index contributed by atoms with van der Waals surface area (Å²) in [5, 5.41) is 27.3. The minimum Gasteiger partial charge on any atom is -0.504 e. The van der Waals surface area contributed by atoms with E-state index in [0.29, 0.717) is 11.8 Å². The second-order valence-corrected chi connectivity index (χ2v) is 2.67. The molecule has 0 saturated heterocycles. The van der Waals surface area contributed by atoms with Crippen molar-refractivity contribution in [2.75, 3.05) is 0 Å². The molecule has 1 aromatic rings. The molecular weight excluding hydrogens is 172 g/mol. The summed E-state index contributed by atoms with van der Waals surface area (Å²) in [5.41, 5.74) is 0.405. The Hall–Kier alpha value is -1.55. The van der Waals surface area contributed by atoms with Crippen LogP contribution in [0.25, 0.3) is 0 Å². The van der Waals surface area contributed by atoms with Gasteiger partial charge in [0, 0.05) is 6.42 Å². The fourth-order valence-electron chi connectivity index (χ4n) is 0.975. The molecule has 0 saturated carbocycles. The van der Waals surface area contributed by atoms with Crippen molar-refractivity contribution in [2.24, 2.45) is 0 Å². The zero-order chi connectivity index (χ0) is 9.84. The average Bonchev–Trinajstić information content (AvgIpc) is 2.10. The van der Waals surface area contributed by atoms with Crippen LogP contribution in [-0.2, 0) is 4.79 Å². The van der Waals surface area contributed by atoms with Crippen LogP contribution >= 0.6 is 0 Å². The van der Waals surface area contributed by atoms with Gasteiger partial charge in [0.2, 0.25) is 0 Å². The minimum atomic E-state index is -0.927. The van der Waals surface area contributed by atoms with Crippen molar-refractivity contribution >= 4 is 6.29 Å². The third-order valence-corrected chi connectivity index (χ3v) is 1.70. The second-order valence-electron chi connectivity index (χ2n) is 2.67. The van der Waals surface area contributed by atoms with Crippen LogP contribution in [0.3, 0.4) is 0 Å². The Labute approximate surface area is 75.1 Å². The van der Waals surface area contributed by atoms with E-state index in [-0.39, 0.29) is 17.9 Å². The summed E-state index contributed by atoms with van der Waals surface area (Å²) >= 11 is 0. The highest BCUT2D eigenvalue weighted by Gasteiger charge is 2.08. The average molecular weight is 182 g/mol. The van der Waals surface area contributed by atoms with Crippen LogP contribution < -0.4 is 0 Å². The second kappa shape index (κ2) is 3.91. The molecule has 0 aliphatic heterocycles. The highest BCUT2D eigenvalue weighted by atomic mass is 16.3. The lowest BCUT2D eigenvalue weighted by Gasteiger charge is -2.07. The predicted molar refractivity (Wildman–Crippen MR) is 45.4 cm³/mol. The molecule has 1 aromatic carbocycles. The van der Waals surface area contributed by atoms with Crippen LogP contribution in [0.2, 0.25) is 0 Å². The monoisotopic (exact) mass is 182 g/mol. The van der Waals surface area contributed by atoms with Gasteiger partial charge >= 0.3 is 0 Å². The van der Waals surface area contributed by atoms with Crippen LogP contribution in [0.5, 0.6) is 11.5 Å². The van der Waals surface area contributed by atoms with Gasteiger partial charge in [-0.1, -0.05) is 6.07 Å². The van der Waals surface area contributed by atoms with Gasteiger partial charge in [0.1, 0.15) is 6.29 Å². The summed E-state index contributed by atoms with van der Waals surface area (Å²) in [6.07, 6.45) is -0.359. The maximum absolute atomic E-state index is 10.1. The molecule has 1 unspecified atom stereocenters. The summed E-state index contributed by atoms with van der Waals surface area (Å²) in [6.45, 7) is 0. The normalized spacial score (nSPS) is 12.4. The molecule has 4 heteroatoms. The number of phenolic OH excluding ortho intramolecular Hbond substituents is 2. The van der Waals surface area contributed by atoms with Gasteiger partial charge in [-0.25, -0.2) is 0 Å². The first kappa shape index (κ1) is 9.54. The predicted octanol–water partition coefficient (Wildman–Crippen LogP) is 0.720. The van der Waals surface area contributed by atoms with Gasteiger partial charge in [0.15, 0.2) is 11.5 Å². The lowest BCUT2D eigenvalue weighted by atomic mass is 10.1. The summed E-state index contributed by atoms with van der Waals surface area (Å²) in [5.74, 6) is -0.551. The van der Waals surface area contributed by atoms with E-state index >= 15 is 0 Å². The molecule has 4 nitrogen and oxygen atoms in total. The van der Waals surface area contributed by atoms with Gasteiger partial charge in [-0.15, -0.1) is 0 Å². The Morgan fingerprint density at radius 3 is 2.54 bits per heavy atom. The zero-order valence-corrected chi connectivity index (χ0v) is 6.84.